The Kier molecular flexibility index (Phi) is 6.66. The van der Waals surface area contributed by atoms with Gasteiger partial charge in [-0.1, -0.05) is 18.2 Å². The van der Waals surface area contributed by atoms with E-state index in [1.54, 1.807) is 43.5 Å². The van der Waals surface area contributed by atoms with Gasteiger partial charge < -0.3 is 21.1 Å². The van der Waals surface area contributed by atoms with E-state index in [4.69, 9.17) is 10.5 Å². The summed E-state index contributed by atoms with van der Waals surface area (Å²) in [4.78, 5) is 28.4. The number of amides is 2. The molecule has 5 N–H and O–H groups in total. The molecule has 2 atom stereocenters. The smallest absolute Gasteiger partial charge is 0.255 e. The molecule has 4 rings (SSSR count). The molecular formula is C25H25N5O3. The number of methoxy groups -OCH3 is 1. The van der Waals surface area contributed by atoms with Crippen LogP contribution in [-0.4, -0.2) is 38.0 Å². The van der Waals surface area contributed by atoms with Crippen LogP contribution in [0.5, 0.6) is 5.75 Å². The maximum Gasteiger partial charge on any atom is 0.255 e. The highest BCUT2D eigenvalue weighted by atomic mass is 16.5. The number of carbonyl (C=O) groups excluding carboxylic acids is 2. The molecule has 168 valence electrons. The van der Waals surface area contributed by atoms with Gasteiger partial charge in [0.1, 0.15) is 5.75 Å². The average molecular weight is 444 g/mol. The predicted molar refractivity (Wildman–Crippen MR) is 129 cm³/mol. The highest BCUT2D eigenvalue weighted by Gasteiger charge is 2.17. The fraction of sp³-hybridized carbons (Fsp3) is 0.160. The van der Waals surface area contributed by atoms with Crippen molar-refractivity contribution in [3.63, 3.8) is 0 Å². The minimum absolute atomic E-state index is 0.188. The number of nitrogens with two attached hydrogens (primary N) is 1. The first-order valence-electron chi connectivity index (χ1n) is 10.5. The number of primary amides is 1. The second kappa shape index (κ2) is 9.97. The normalized spacial score (nSPS) is 17.2. The Bertz CT molecular complexity index is 1160. The predicted octanol–water partition coefficient (Wildman–Crippen LogP) is 3.20. The van der Waals surface area contributed by atoms with Gasteiger partial charge in [0.05, 0.1) is 7.11 Å². The Morgan fingerprint density at radius 3 is 2.39 bits per heavy atom. The number of rotatable bonds is 7. The molecule has 1 heterocycles. The number of nitrogens with one attached hydrogen (secondary N) is 3. The number of carbonyl (C=O) groups is 2. The largest absolute Gasteiger partial charge is 0.497 e. The van der Waals surface area contributed by atoms with Crippen LogP contribution < -0.4 is 26.4 Å². The zero-order valence-electron chi connectivity index (χ0n) is 18.1. The molecule has 3 aromatic carbocycles. The van der Waals surface area contributed by atoms with Crippen LogP contribution in [0.2, 0.25) is 0 Å². The van der Waals surface area contributed by atoms with Crippen molar-refractivity contribution in [2.75, 3.05) is 24.3 Å². The molecule has 0 spiro atoms. The first-order chi connectivity index (χ1) is 16.0. The van der Waals surface area contributed by atoms with Gasteiger partial charge >= 0.3 is 0 Å². The van der Waals surface area contributed by atoms with Crippen molar-refractivity contribution in [3.05, 3.63) is 89.5 Å². The van der Waals surface area contributed by atoms with Gasteiger partial charge in [0.15, 0.2) is 6.29 Å². The van der Waals surface area contributed by atoms with Gasteiger partial charge in [0.2, 0.25) is 5.91 Å². The molecule has 0 aliphatic carbocycles. The lowest BCUT2D eigenvalue weighted by molar-refractivity contribution is 0.0996. The lowest BCUT2D eigenvalue weighted by atomic mass is 9.99. The monoisotopic (exact) mass is 443 g/mol. The van der Waals surface area contributed by atoms with Crippen LogP contribution in [0.15, 0.2) is 77.8 Å². The second-order valence-electron chi connectivity index (χ2n) is 7.61. The Labute approximate surface area is 191 Å². The molecule has 8 nitrogen and oxygen atoms in total. The summed E-state index contributed by atoms with van der Waals surface area (Å²) in [5.74, 6) is 0.193. The minimum atomic E-state index is -0.546. The molecule has 0 aromatic heterocycles. The fourth-order valence-electron chi connectivity index (χ4n) is 3.51. The molecule has 0 saturated carbocycles. The summed E-state index contributed by atoms with van der Waals surface area (Å²) in [5.41, 5.74) is 8.62. The van der Waals surface area contributed by atoms with E-state index in [0.29, 0.717) is 16.8 Å². The van der Waals surface area contributed by atoms with Crippen LogP contribution in [0.3, 0.4) is 0 Å². The van der Waals surface area contributed by atoms with Crippen LogP contribution in [0.4, 0.5) is 11.4 Å². The molecule has 2 amide bonds. The molecule has 33 heavy (non-hydrogen) atoms. The maximum atomic E-state index is 12.5. The van der Waals surface area contributed by atoms with Gasteiger partial charge in [0.25, 0.3) is 5.91 Å². The van der Waals surface area contributed by atoms with E-state index in [1.165, 1.54) is 5.56 Å². The lowest BCUT2D eigenvalue weighted by Crippen LogP contribution is -2.41. The van der Waals surface area contributed by atoms with E-state index in [-0.39, 0.29) is 18.1 Å². The number of aliphatic imine (C=N–C) groups is 1. The molecule has 8 heteroatoms. The quantitative estimate of drug-likeness (QED) is 0.447. The first-order valence-corrected chi connectivity index (χ1v) is 10.5. The number of anilines is 2. The number of benzene rings is 3. The first kappa shape index (κ1) is 22.0. The molecule has 2 unspecified atom stereocenters. The van der Waals surface area contributed by atoms with Crippen LogP contribution in [0, 0.1) is 0 Å². The van der Waals surface area contributed by atoms with Crippen LogP contribution in [0.1, 0.15) is 32.2 Å². The van der Waals surface area contributed by atoms with Gasteiger partial charge in [-0.05, 0) is 60.2 Å². The van der Waals surface area contributed by atoms with E-state index in [9.17, 15) is 9.59 Å². The highest BCUT2D eigenvalue weighted by molar-refractivity contribution is 6.05. The van der Waals surface area contributed by atoms with Crippen LogP contribution in [0.25, 0.3) is 0 Å². The topological polar surface area (TPSA) is 118 Å². The Morgan fingerprint density at radius 1 is 1.00 bits per heavy atom. The molecule has 0 fully saturated rings. The van der Waals surface area contributed by atoms with Crippen LogP contribution in [-0.2, 0) is 0 Å². The zero-order valence-corrected chi connectivity index (χ0v) is 18.1. The van der Waals surface area contributed by atoms with Crippen LogP contribution >= 0.6 is 0 Å². The highest BCUT2D eigenvalue weighted by Crippen LogP contribution is 2.21. The molecule has 0 saturated heterocycles. The van der Waals surface area contributed by atoms with Gasteiger partial charge in [-0.25, -0.2) is 0 Å². The number of nitrogens with zero attached hydrogens (tertiary/aromatic N) is 1. The summed E-state index contributed by atoms with van der Waals surface area (Å²) in [6.07, 6.45) is 1.69. The summed E-state index contributed by atoms with van der Waals surface area (Å²) < 4.78 is 5.20. The van der Waals surface area contributed by atoms with Gasteiger partial charge in [-0.15, -0.1) is 0 Å². The Hall–Kier alpha value is -4.17. The second-order valence-corrected chi connectivity index (χ2v) is 7.61. The van der Waals surface area contributed by atoms with Crippen molar-refractivity contribution < 1.29 is 14.3 Å². The third-order valence-corrected chi connectivity index (χ3v) is 5.35. The van der Waals surface area contributed by atoms with Gasteiger partial charge in [-0.3, -0.25) is 19.9 Å². The Balaban J connectivity index is 1.33. The van der Waals surface area contributed by atoms with E-state index >= 15 is 0 Å². The maximum absolute atomic E-state index is 12.5. The van der Waals surface area contributed by atoms with Crippen molar-refractivity contribution in [1.29, 1.82) is 0 Å². The van der Waals surface area contributed by atoms with E-state index in [2.05, 4.69) is 20.9 Å². The van der Waals surface area contributed by atoms with Crippen molar-refractivity contribution in [1.82, 2.24) is 5.32 Å². The Morgan fingerprint density at radius 2 is 1.76 bits per heavy atom. The average Bonchev–Trinajstić information content (AvgIpc) is 2.85. The van der Waals surface area contributed by atoms with E-state index in [0.717, 1.165) is 18.0 Å². The third-order valence-electron chi connectivity index (χ3n) is 5.35. The number of ether oxygens (including phenoxy) is 1. The summed E-state index contributed by atoms with van der Waals surface area (Å²) in [7, 11) is 1.65. The van der Waals surface area contributed by atoms with Crippen molar-refractivity contribution in [3.8, 4) is 5.75 Å². The number of hydrogen-bond donors (Lipinski definition) is 4. The van der Waals surface area contributed by atoms with E-state index < -0.39 is 5.91 Å². The van der Waals surface area contributed by atoms with Gasteiger partial charge in [0, 0.05) is 41.2 Å². The van der Waals surface area contributed by atoms with E-state index in [1.807, 2.05) is 42.6 Å². The summed E-state index contributed by atoms with van der Waals surface area (Å²) >= 11 is 0. The third kappa shape index (κ3) is 5.55. The fourth-order valence-corrected chi connectivity index (χ4v) is 3.51. The standard InChI is InChI=1S/C25H25N5O3/c1-33-22-11-7-16(8-12-22)19-14-27-25(28-15-19)30-20-9-5-17(6-10-20)24(32)29-21-4-2-3-18(13-21)23(26)31/h2-14,19,25,28,30H,15H2,1H3,(H2,26,31)(H,29,32). The summed E-state index contributed by atoms with van der Waals surface area (Å²) in [6, 6.07) is 21.6. The van der Waals surface area contributed by atoms with Crippen molar-refractivity contribution in [2.45, 2.75) is 12.2 Å². The molecule has 0 radical (unpaired) electrons. The molecule has 1 aliphatic rings. The molecular weight excluding hydrogens is 418 g/mol. The zero-order chi connectivity index (χ0) is 23.2. The molecule has 0 bridgehead atoms. The number of hydrogen-bond acceptors (Lipinski definition) is 6. The molecule has 1 aliphatic heterocycles. The van der Waals surface area contributed by atoms with Crippen molar-refractivity contribution in [2.24, 2.45) is 10.7 Å². The van der Waals surface area contributed by atoms with Crippen molar-refractivity contribution >= 4 is 29.4 Å². The SMILES string of the molecule is COc1ccc(C2C=NC(Nc3ccc(C(=O)Nc4cccc(C(N)=O)c4)cc3)NC2)cc1. The minimum Gasteiger partial charge on any atom is -0.497 e. The summed E-state index contributed by atoms with van der Waals surface area (Å²) in [6.45, 7) is 0.748. The van der Waals surface area contributed by atoms with Gasteiger partial charge in [-0.2, -0.15) is 0 Å². The summed E-state index contributed by atoms with van der Waals surface area (Å²) in [5, 5.41) is 9.44. The molecule has 3 aromatic rings. The lowest BCUT2D eigenvalue weighted by Gasteiger charge is -2.25.